The molecule has 4 nitrogen and oxygen atoms in total. The van der Waals surface area contributed by atoms with E-state index in [2.05, 4.69) is 4.72 Å². The Morgan fingerprint density at radius 2 is 1.88 bits per heavy atom. The summed E-state index contributed by atoms with van der Waals surface area (Å²) in [6, 6.07) is 1.27. The summed E-state index contributed by atoms with van der Waals surface area (Å²) in [6.45, 7) is 2.58. The van der Waals surface area contributed by atoms with E-state index >= 15 is 0 Å². The molecule has 0 heterocycles. The summed E-state index contributed by atoms with van der Waals surface area (Å²) in [5.74, 6) is -2.77. The Labute approximate surface area is 97.7 Å². The third-order valence-corrected chi connectivity index (χ3v) is 3.68. The fraction of sp³-hybridized carbons (Fsp3) is 0.300. The zero-order chi connectivity index (χ0) is 13.2. The maximum Gasteiger partial charge on any atom is 0.241 e. The number of sulfonamides is 1. The van der Waals surface area contributed by atoms with Crippen molar-refractivity contribution >= 4 is 15.8 Å². The molecule has 1 rings (SSSR count). The maximum atomic E-state index is 12.9. The van der Waals surface area contributed by atoms with Crippen molar-refractivity contribution in [3.05, 3.63) is 29.8 Å². The fourth-order valence-corrected chi connectivity index (χ4v) is 2.30. The highest BCUT2D eigenvalue weighted by Gasteiger charge is 2.20. The molecule has 7 heteroatoms. The minimum atomic E-state index is -4.02. The second kappa shape index (κ2) is 4.89. The second-order valence-corrected chi connectivity index (χ2v) is 5.24. The molecule has 1 aromatic carbocycles. The van der Waals surface area contributed by atoms with Gasteiger partial charge in [0, 0.05) is 0 Å². The summed E-state index contributed by atoms with van der Waals surface area (Å²) in [7, 11) is -4.02. The molecule has 1 unspecified atom stereocenters. The van der Waals surface area contributed by atoms with E-state index in [4.69, 9.17) is 0 Å². The molecule has 94 valence electrons. The zero-order valence-electron chi connectivity index (χ0n) is 9.20. The van der Waals surface area contributed by atoms with E-state index in [0.717, 1.165) is 6.07 Å². The summed E-state index contributed by atoms with van der Waals surface area (Å²) in [5, 5.41) is 0. The van der Waals surface area contributed by atoms with Crippen molar-refractivity contribution in [3.8, 4) is 0 Å². The molecule has 0 aliphatic rings. The van der Waals surface area contributed by atoms with Gasteiger partial charge in [0.1, 0.15) is 5.78 Å². The molecule has 1 N–H and O–H groups in total. The van der Waals surface area contributed by atoms with Crippen LogP contribution in [0.3, 0.4) is 0 Å². The first-order valence-electron chi connectivity index (χ1n) is 4.72. The summed E-state index contributed by atoms with van der Waals surface area (Å²) in [6.07, 6.45) is 0. The molecule has 0 amide bonds. The van der Waals surface area contributed by atoms with Gasteiger partial charge >= 0.3 is 0 Å². The Morgan fingerprint density at radius 1 is 1.29 bits per heavy atom. The van der Waals surface area contributed by atoms with Gasteiger partial charge in [0.25, 0.3) is 0 Å². The van der Waals surface area contributed by atoms with Gasteiger partial charge in [-0.1, -0.05) is 0 Å². The van der Waals surface area contributed by atoms with Crippen LogP contribution in [0.15, 0.2) is 23.1 Å². The average molecular weight is 263 g/mol. The smallest absolute Gasteiger partial charge is 0.241 e. The maximum absolute atomic E-state index is 12.9. The second-order valence-electron chi connectivity index (χ2n) is 3.53. The molecule has 1 atom stereocenters. The van der Waals surface area contributed by atoms with E-state index in [0.29, 0.717) is 12.1 Å². The van der Waals surface area contributed by atoms with Crippen LogP contribution in [0, 0.1) is 11.6 Å². The zero-order valence-corrected chi connectivity index (χ0v) is 10.0. The van der Waals surface area contributed by atoms with Crippen LogP contribution in [-0.4, -0.2) is 20.2 Å². The highest BCUT2D eigenvalue weighted by Crippen LogP contribution is 2.14. The van der Waals surface area contributed by atoms with Crippen molar-refractivity contribution in [1.82, 2.24) is 4.72 Å². The third kappa shape index (κ3) is 3.31. The molecule has 0 aliphatic carbocycles. The minimum absolute atomic E-state index is 0.379. The molecular formula is C10H11F2NO3S. The number of rotatable bonds is 4. The highest BCUT2D eigenvalue weighted by molar-refractivity contribution is 7.89. The lowest BCUT2D eigenvalue weighted by Gasteiger charge is -2.11. The largest absolute Gasteiger partial charge is 0.298 e. The topological polar surface area (TPSA) is 63.2 Å². The van der Waals surface area contributed by atoms with E-state index in [-0.39, 0.29) is 5.78 Å². The number of carbonyl (C=O) groups is 1. The summed E-state index contributed by atoms with van der Waals surface area (Å²) in [5.41, 5.74) is 0. The van der Waals surface area contributed by atoms with Gasteiger partial charge in [-0.25, -0.2) is 21.9 Å². The van der Waals surface area contributed by atoms with Gasteiger partial charge in [-0.15, -0.1) is 0 Å². The van der Waals surface area contributed by atoms with E-state index in [1.165, 1.54) is 13.8 Å². The lowest BCUT2D eigenvalue weighted by Crippen LogP contribution is -2.37. The molecule has 0 bridgehead atoms. The Morgan fingerprint density at radius 3 is 2.35 bits per heavy atom. The number of halogens is 2. The quantitative estimate of drug-likeness (QED) is 0.888. The number of Topliss-reactive ketones (excluding diaryl/α,β-unsaturated/α-hetero) is 1. The lowest BCUT2D eigenvalue weighted by atomic mass is 10.3. The molecule has 0 saturated carbocycles. The standard InChI is InChI=1S/C10H11F2NO3S/c1-6(7(2)14)13-17(15,16)8-3-4-9(11)10(12)5-8/h3-6,13H,1-2H3. The van der Waals surface area contributed by atoms with Gasteiger partial charge in [0.2, 0.25) is 10.0 Å². The molecule has 0 saturated heterocycles. The number of carbonyl (C=O) groups excluding carboxylic acids is 1. The first kappa shape index (κ1) is 13.7. The lowest BCUT2D eigenvalue weighted by molar-refractivity contribution is -0.118. The molecule has 1 aromatic rings. The van der Waals surface area contributed by atoms with Crippen LogP contribution in [-0.2, 0) is 14.8 Å². The van der Waals surface area contributed by atoms with E-state index in [1.807, 2.05) is 0 Å². The van der Waals surface area contributed by atoms with Crippen molar-refractivity contribution in [3.63, 3.8) is 0 Å². The molecule has 0 aliphatic heterocycles. The van der Waals surface area contributed by atoms with Gasteiger partial charge in [-0.2, -0.15) is 0 Å². The first-order valence-corrected chi connectivity index (χ1v) is 6.20. The number of ketones is 1. The Bertz CT molecular complexity index is 542. The van der Waals surface area contributed by atoms with Crippen LogP contribution in [0.25, 0.3) is 0 Å². The van der Waals surface area contributed by atoms with E-state index < -0.39 is 32.6 Å². The molecule has 0 fully saturated rings. The van der Waals surface area contributed by atoms with Crippen LogP contribution in [0.4, 0.5) is 8.78 Å². The van der Waals surface area contributed by atoms with Gasteiger partial charge < -0.3 is 0 Å². The highest BCUT2D eigenvalue weighted by atomic mass is 32.2. The van der Waals surface area contributed by atoms with Crippen molar-refractivity contribution < 1.29 is 22.0 Å². The summed E-state index contributed by atoms with van der Waals surface area (Å²) < 4.78 is 50.9. The Hall–Kier alpha value is -1.34. The van der Waals surface area contributed by atoms with Crippen LogP contribution >= 0.6 is 0 Å². The normalized spacial score (nSPS) is 13.4. The van der Waals surface area contributed by atoms with Gasteiger partial charge in [0.05, 0.1) is 10.9 Å². The summed E-state index contributed by atoms with van der Waals surface area (Å²) in [4.78, 5) is 10.5. The Kier molecular flexibility index (Phi) is 3.94. The minimum Gasteiger partial charge on any atom is -0.298 e. The average Bonchev–Trinajstić information content (AvgIpc) is 2.21. The van der Waals surface area contributed by atoms with Crippen LogP contribution < -0.4 is 4.72 Å². The number of hydrogen-bond acceptors (Lipinski definition) is 3. The van der Waals surface area contributed by atoms with Crippen LogP contribution in [0.1, 0.15) is 13.8 Å². The van der Waals surface area contributed by atoms with Crippen LogP contribution in [0.2, 0.25) is 0 Å². The number of benzene rings is 1. The number of hydrogen-bond donors (Lipinski definition) is 1. The summed E-state index contributed by atoms with van der Waals surface area (Å²) >= 11 is 0. The van der Waals surface area contributed by atoms with E-state index in [9.17, 15) is 22.0 Å². The van der Waals surface area contributed by atoms with Crippen molar-refractivity contribution in [2.24, 2.45) is 0 Å². The van der Waals surface area contributed by atoms with Gasteiger partial charge in [-0.3, -0.25) is 4.79 Å². The Balaban J connectivity index is 3.05. The SMILES string of the molecule is CC(=O)C(C)NS(=O)(=O)c1ccc(F)c(F)c1. The molecule has 0 spiro atoms. The molecule has 17 heavy (non-hydrogen) atoms. The molecular weight excluding hydrogens is 252 g/mol. The van der Waals surface area contributed by atoms with Gasteiger partial charge in [0.15, 0.2) is 11.6 Å². The third-order valence-electron chi connectivity index (χ3n) is 2.14. The monoisotopic (exact) mass is 263 g/mol. The fourth-order valence-electron chi connectivity index (χ4n) is 1.03. The van der Waals surface area contributed by atoms with Crippen molar-refractivity contribution in [1.29, 1.82) is 0 Å². The van der Waals surface area contributed by atoms with Crippen molar-refractivity contribution in [2.45, 2.75) is 24.8 Å². The van der Waals surface area contributed by atoms with Crippen LogP contribution in [0.5, 0.6) is 0 Å². The first-order chi connectivity index (χ1) is 7.74. The number of nitrogens with one attached hydrogen (secondary N) is 1. The molecule has 0 aromatic heterocycles. The molecule has 0 radical (unpaired) electrons. The van der Waals surface area contributed by atoms with E-state index in [1.54, 1.807) is 0 Å². The predicted octanol–water partition coefficient (Wildman–Crippen LogP) is 1.22. The van der Waals surface area contributed by atoms with Crippen molar-refractivity contribution in [2.75, 3.05) is 0 Å². The predicted molar refractivity (Wildman–Crippen MR) is 56.8 cm³/mol. The van der Waals surface area contributed by atoms with Gasteiger partial charge in [-0.05, 0) is 32.0 Å².